The molecule has 1 aromatic rings. The van der Waals surface area contributed by atoms with Gasteiger partial charge in [-0.2, -0.15) is 0 Å². The minimum atomic E-state index is 0.332. The molecular formula is C18H27N. The summed E-state index contributed by atoms with van der Waals surface area (Å²) < 4.78 is 0. The van der Waals surface area contributed by atoms with Gasteiger partial charge in [-0.05, 0) is 56.9 Å². The van der Waals surface area contributed by atoms with E-state index in [2.05, 4.69) is 56.0 Å². The average Bonchev–Trinajstić information content (AvgIpc) is 2.83. The Kier molecular flexibility index (Phi) is 3.42. The van der Waals surface area contributed by atoms with Crippen LogP contribution in [0.3, 0.4) is 0 Å². The number of nitrogens with zero attached hydrogens (tertiary/aromatic N) is 1. The highest BCUT2D eigenvalue weighted by Crippen LogP contribution is 2.46. The summed E-state index contributed by atoms with van der Waals surface area (Å²) in [4.78, 5) is 2.71. The SMILES string of the molecule is CC(C)(C)N1C[C@H]2CCC[C@H](c3ccccc3)[C@@H]2C1. The van der Waals surface area contributed by atoms with Crippen LogP contribution in [0.2, 0.25) is 0 Å². The molecule has 0 spiro atoms. The quantitative estimate of drug-likeness (QED) is 0.725. The Labute approximate surface area is 118 Å². The zero-order valence-electron chi connectivity index (χ0n) is 12.6. The number of fused-ring (bicyclic) bond motifs is 1. The van der Waals surface area contributed by atoms with Crippen LogP contribution in [0.4, 0.5) is 0 Å². The monoisotopic (exact) mass is 257 g/mol. The molecular weight excluding hydrogens is 230 g/mol. The second kappa shape index (κ2) is 4.94. The van der Waals surface area contributed by atoms with Gasteiger partial charge in [-0.15, -0.1) is 0 Å². The van der Waals surface area contributed by atoms with E-state index >= 15 is 0 Å². The molecule has 0 N–H and O–H groups in total. The molecule has 1 saturated heterocycles. The standard InChI is InChI=1S/C18H27N/c1-18(2,3)19-12-15-10-7-11-16(17(15)13-19)14-8-5-4-6-9-14/h4-6,8-9,15-17H,7,10-13H2,1-3H3/t15-,16-,17-/m1/s1. The minimum absolute atomic E-state index is 0.332. The molecule has 1 aliphatic heterocycles. The molecule has 3 atom stereocenters. The minimum Gasteiger partial charge on any atom is -0.298 e. The highest BCUT2D eigenvalue weighted by Gasteiger charge is 2.43. The van der Waals surface area contributed by atoms with Gasteiger partial charge in [-0.3, -0.25) is 4.90 Å². The van der Waals surface area contributed by atoms with Gasteiger partial charge < -0.3 is 0 Å². The van der Waals surface area contributed by atoms with Crippen LogP contribution in [0.1, 0.15) is 51.5 Å². The highest BCUT2D eigenvalue weighted by molar-refractivity contribution is 5.22. The Morgan fingerprint density at radius 1 is 1.00 bits per heavy atom. The fraction of sp³-hybridized carbons (Fsp3) is 0.667. The Bertz CT molecular complexity index is 417. The van der Waals surface area contributed by atoms with E-state index in [0.717, 1.165) is 17.8 Å². The van der Waals surface area contributed by atoms with Gasteiger partial charge in [-0.25, -0.2) is 0 Å². The summed E-state index contributed by atoms with van der Waals surface area (Å²) in [6, 6.07) is 11.2. The fourth-order valence-electron chi connectivity index (χ4n) is 4.13. The lowest BCUT2D eigenvalue weighted by Crippen LogP contribution is -2.39. The Balaban J connectivity index is 1.81. The number of likely N-dealkylation sites (tertiary alicyclic amines) is 1. The van der Waals surface area contributed by atoms with Crippen molar-refractivity contribution in [2.75, 3.05) is 13.1 Å². The van der Waals surface area contributed by atoms with Crippen molar-refractivity contribution < 1.29 is 0 Å². The smallest absolute Gasteiger partial charge is 0.0125 e. The van der Waals surface area contributed by atoms with E-state index in [4.69, 9.17) is 0 Å². The van der Waals surface area contributed by atoms with Gasteiger partial charge in [0.05, 0.1) is 0 Å². The van der Waals surface area contributed by atoms with Crippen molar-refractivity contribution in [1.29, 1.82) is 0 Å². The second-order valence-electron chi connectivity index (χ2n) is 7.45. The van der Waals surface area contributed by atoms with E-state index < -0.39 is 0 Å². The zero-order chi connectivity index (χ0) is 13.5. The van der Waals surface area contributed by atoms with Gasteiger partial charge in [0.1, 0.15) is 0 Å². The molecule has 2 aliphatic rings. The van der Waals surface area contributed by atoms with Crippen LogP contribution < -0.4 is 0 Å². The molecule has 1 nitrogen and oxygen atoms in total. The van der Waals surface area contributed by atoms with Crippen molar-refractivity contribution in [3.8, 4) is 0 Å². The fourth-order valence-corrected chi connectivity index (χ4v) is 4.13. The highest BCUT2D eigenvalue weighted by atomic mass is 15.2. The lowest BCUT2D eigenvalue weighted by molar-refractivity contribution is 0.164. The van der Waals surface area contributed by atoms with Crippen molar-refractivity contribution >= 4 is 0 Å². The Morgan fingerprint density at radius 2 is 1.74 bits per heavy atom. The van der Waals surface area contributed by atoms with Gasteiger partial charge in [0.25, 0.3) is 0 Å². The topological polar surface area (TPSA) is 3.24 Å². The predicted molar refractivity (Wildman–Crippen MR) is 81.3 cm³/mol. The van der Waals surface area contributed by atoms with Crippen LogP contribution in [0.25, 0.3) is 0 Å². The number of benzene rings is 1. The molecule has 0 amide bonds. The summed E-state index contributed by atoms with van der Waals surface area (Å²) in [5.74, 6) is 2.61. The Hall–Kier alpha value is -0.820. The molecule has 1 aromatic carbocycles. The first-order valence-corrected chi connectivity index (χ1v) is 7.86. The molecule has 1 heterocycles. The van der Waals surface area contributed by atoms with E-state index in [1.807, 2.05) is 0 Å². The lowest BCUT2D eigenvalue weighted by atomic mass is 9.71. The first kappa shape index (κ1) is 13.2. The van der Waals surface area contributed by atoms with Crippen molar-refractivity contribution in [3.63, 3.8) is 0 Å². The average molecular weight is 257 g/mol. The first-order chi connectivity index (χ1) is 9.05. The number of rotatable bonds is 1. The van der Waals surface area contributed by atoms with Gasteiger partial charge >= 0.3 is 0 Å². The van der Waals surface area contributed by atoms with Crippen LogP contribution in [0.15, 0.2) is 30.3 Å². The third-order valence-corrected chi connectivity index (χ3v) is 5.27. The summed E-state index contributed by atoms with van der Waals surface area (Å²) in [6.07, 6.45) is 4.25. The van der Waals surface area contributed by atoms with Crippen molar-refractivity contribution in [3.05, 3.63) is 35.9 Å². The molecule has 1 heteroatoms. The maximum Gasteiger partial charge on any atom is 0.0125 e. The van der Waals surface area contributed by atoms with E-state index in [1.54, 1.807) is 5.56 Å². The van der Waals surface area contributed by atoms with Gasteiger partial charge in [-0.1, -0.05) is 36.8 Å². The number of hydrogen-bond donors (Lipinski definition) is 0. The van der Waals surface area contributed by atoms with Crippen LogP contribution in [0.5, 0.6) is 0 Å². The first-order valence-electron chi connectivity index (χ1n) is 7.86. The second-order valence-corrected chi connectivity index (χ2v) is 7.45. The van der Waals surface area contributed by atoms with Crippen molar-refractivity contribution in [2.45, 2.75) is 51.5 Å². The molecule has 19 heavy (non-hydrogen) atoms. The molecule has 0 bridgehead atoms. The lowest BCUT2D eigenvalue weighted by Gasteiger charge is -2.34. The molecule has 2 fully saturated rings. The molecule has 3 rings (SSSR count). The summed E-state index contributed by atoms with van der Waals surface area (Å²) in [6.45, 7) is 9.71. The van der Waals surface area contributed by atoms with Crippen LogP contribution in [0, 0.1) is 11.8 Å². The van der Waals surface area contributed by atoms with Gasteiger partial charge in [0.15, 0.2) is 0 Å². The van der Waals surface area contributed by atoms with E-state index in [0.29, 0.717) is 5.54 Å². The molecule has 104 valence electrons. The van der Waals surface area contributed by atoms with E-state index in [1.165, 1.54) is 32.4 Å². The summed E-state index contributed by atoms with van der Waals surface area (Å²) in [5, 5.41) is 0. The normalized spacial score (nSPS) is 32.3. The Morgan fingerprint density at radius 3 is 2.42 bits per heavy atom. The zero-order valence-corrected chi connectivity index (χ0v) is 12.6. The number of hydrogen-bond acceptors (Lipinski definition) is 1. The maximum atomic E-state index is 2.71. The van der Waals surface area contributed by atoms with E-state index in [-0.39, 0.29) is 0 Å². The van der Waals surface area contributed by atoms with Gasteiger partial charge in [0.2, 0.25) is 0 Å². The summed E-state index contributed by atoms with van der Waals surface area (Å²) in [5.41, 5.74) is 1.91. The van der Waals surface area contributed by atoms with Gasteiger partial charge in [0, 0.05) is 18.6 Å². The predicted octanol–water partition coefficient (Wildman–Crippen LogP) is 4.30. The third kappa shape index (κ3) is 2.58. The van der Waals surface area contributed by atoms with Crippen molar-refractivity contribution in [2.24, 2.45) is 11.8 Å². The third-order valence-electron chi connectivity index (χ3n) is 5.27. The summed E-state index contributed by atoms with van der Waals surface area (Å²) in [7, 11) is 0. The molecule has 1 saturated carbocycles. The molecule has 1 aliphatic carbocycles. The largest absolute Gasteiger partial charge is 0.298 e. The van der Waals surface area contributed by atoms with Crippen LogP contribution in [-0.2, 0) is 0 Å². The summed E-state index contributed by atoms with van der Waals surface area (Å²) >= 11 is 0. The van der Waals surface area contributed by atoms with E-state index in [9.17, 15) is 0 Å². The van der Waals surface area contributed by atoms with Crippen LogP contribution >= 0.6 is 0 Å². The molecule has 0 unspecified atom stereocenters. The molecule has 0 radical (unpaired) electrons. The maximum absolute atomic E-state index is 2.71. The molecule has 0 aromatic heterocycles. The van der Waals surface area contributed by atoms with Crippen molar-refractivity contribution in [1.82, 2.24) is 4.90 Å². The van der Waals surface area contributed by atoms with Crippen LogP contribution in [-0.4, -0.2) is 23.5 Å².